The van der Waals surface area contributed by atoms with Gasteiger partial charge in [-0.05, 0) is 18.6 Å². The maximum Gasteiger partial charge on any atom is 0.127 e. The van der Waals surface area contributed by atoms with Gasteiger partial charge < -0.3 is 10.4 Å². The van der Waals surface area contributed by atoms with Crippen LogP contribution < -0.4 is 5.32 Å². The molecule has 0 amide bonds. The Kier molecular flexibility index (Phi) is 5.50. The molecule has 2 N–H and O–H groups in total. The molecule has 1 unspecified atom stereocenters. The van der Waals surface area contributed by atoms with Crippen molar-refractivity contribution in [3.63, 3.8) is 0 Å². The molecule has 1 aromatic heterocycles. The van der Waals surface area contributed by atoms with Crippen molar-refractivity contribution in [2.45, 2.75) is 30.5 Å². The second-order valence-corrected chi connectivity index (χ2v) is 4.86. The van der Waals surface area contributed by atoms with E-state index in [4.69, 9.17) is 5.11 Å². The molecule has 84 valence electrons. The first-order valence-corrected chi connectivity index (χ1v) is 6.12. The first-order chi connectivity index (χ1) is 7.26. The molecule has 0 saturated heterocycles. The Balaban J connectivity index is 2.57. The minimum absolute atomic E-state index is 0.180. The average Bonchev–Trinajstić information content (AvgIpc) is 2.26. The average molecular weight is 226 g/mol. The third-order valence-corrected chi connectivity index (χ3v) is 2.88. The van der Waals surface area contributed by atoms with Gasteiger partial charge in [0.25, 0.3) is 0 Å². The van der Waals surface area contributed by atoms with Crippen LogP contribution in [0.25, 0.3) is 0 Å². The monoisotopic (exact) mass is 226 g/mol. The molecule has 1 rings (SSSR count). The van der Waals surface area contributed by atoms with Gasteiger partial charge in [-0.15, -0.1) is 11.8 Å². The molecular weight excluding hydrogens is 208 g/mol. The molecule has 0 radical (unpaired) electrons. The summed E-state index contributed by atoms with van der Waals surface area (Å²) in [5.41, 5.74) is 0. The van der Waals surface area contributed by atoms with Crippen molar-refractivity contribution in [3.8, 4) is 0 Å². The lowest BCUT2D eigenvalue weighted by Gasteiger charge is -2.08. The second-order valence-electron chi connectivity index (χ2n) is 3.40. The molecule has 0 aromatic carbocycles. The molecule has 0 saturated carbocycles. The number of pyridine rings is 1. The Labute approximate surface area is 95.3 Å². The lowest BCUT2D eigenvalue weighted by atomic mass is 10.4. The van der Waals surface area contributed by atoms with Gasteiger partial charge in [-0.2, -0.15) is 0 Å². The van der Waals surface area contributed by atoms with Gasteiger partial charge >= 0.3 is 0 Å². The van der Waals surface area contributed by atoms with Crippen LogP contribution in [-0.2, 0) is 0 Å². The van der Waals surface area contributed by atoms with Gasteiger partial charge in [-0.25, -0.2) is 4.98 Å². The third kappa shape index (κ3) is 4.53. The number of rotatable bonds is 6. The predicted octanol–water partition coefficient (Wildman–Crippen LogP) is 2.38. The lowest BCUT2D eigenvalue weighted by Crippen LogP contribution is -2.04. The summed E-state index contributed by atoms with van der Waals surface area (Å²) in [4.78, 5) is 4.44. The standard InChI is InChI=1S/C11H18N2OS/c1-3-7-12-10-5-4-6-11(13-10)15-9(2)8-14/h4-6,9,14H,3,7-8H2,1-2H3,(H,12,13). The largest absolute Gasteiger partial charge is 0.395 e. The Morgan fingerprint density at radius 2 is 2.33 bits per heavy atom. The number of anilines is 1. The Morgan fingerprint density at radius 3 is 3.00 bits per heavy atom. The number of hydrogen-bond donors (Lipinski definition) is 2. The molecular formula is C11H18N2OS. The van der Waals surface area contributed by atoms with Gasteiger partial charge in [0.1, 0.15) is 5.82 Å². The molecule has 1 aromatic rings. The van der Waals surface area contributed by atoms with Gasteiger partial charge in [-0.1, -0.05) is 19.9 Å². The second kappa shape index (κ2) is 6.69. The number of nitrogens with zero attached hydrogens (tertiary/aromatic N) is 1. The van der Waals surface area contributed by atoms with E-state index in [1.165, 1.54) is 0 Å². The van der Waals surface area contributed by atoms with Crippen molar-refractivity contribution in [1.29, 1.82) is 0 Å². The van der Waals surface area contributed by atoms with Gasteiger partial charge in [-0.3, -0.25) is 0 Å². The van der Waals surface area contributed by atoms with E-state index < -0.39 is 0 Å². The zero-order valence-electron chi connectivity index (χ0n) is 9.23. The highest BCUT2D eigenvalue weighted by molar-refractivity contribution is 7.99. The summed E-state index contributed by atoms with van der Waals surface area (Å²) >= 11 is 1.59. The Morgan fingerprint density at radius 1 is 1.53 bits per heavy atom. The summed E-state index contributed by atoms with van der Waals surface area (Å²) in [7, 11) is 0. The summed E-state index contributed by atoms with van der Waals surface area (Å²) in [5.74, 6) is 0.909. The maximum atomic E-state index is 8.94. The highest BCUT2D eigenvalue weighted by atomic mass is 32.2. The van der Waals surface area contributed by atoms with Crippen molar-refractivity contribution in [3.05, 3.63) is 18.2 Å². The van der Waals surface area contributed by atoms with E-state index in [-0.39, 0.29) is 11.9 Å². The minimum atomic E-state index is 0.180. The van der Waals surface area contributed by atoms with Gasteiger partial charge in [0, 0.05) is 11.8 Å². The normalized spacial score (nSPS) is 12.5. The van der Waals surface area contributed by atoms with Gasteiger partial charge in [0.05, 0.1) is 11.6 Å². The van der Waals surface area contributed by atoms with Gasteiger partial charge in [0.2, 0.25) is 0 Å². The van der Waals surface area contributed by atoms with E-state index in [1.807, 2.05) is 25.1 Å². The minimum Gasteiger partial charge on any atom is -0.395 e. The van der Waals surface area contributed by atoms with Crippen LogP contribution in [0.4, 0.5) is 5.82 Å². The summed E-state index contributed by atoms with van der Waals surface area (Å²) in [6.07, 6.45) is 1.09. The third-order valence-electron chi connectivity index (χ3n) is 1.86. The molecule has 1 atom stereocenters. The van der Waals surface area contributed by atoms with Crippen LogP contribution in [0.3, 0.4) is 0 Å². The molecule has 0 aliphatic heterocycles. The lowest BCUT2D eigenvalue weighted by molar-refractivity contribution is 0.300. The zero-order chi connectivity index (χ0) is 11.1. The summed E-state index contributed by atoms with van der Waals surface area (Å²) < 4.78 is 0. The van der Waals surface area contributed by atoms with E-state index in [9.17, 15) is 0 Å². The maximum absolute atomic E-state index is 8.94. The molecule has 0 spiro atoms. The molecule has 0 bridgehead atoms. The number of aliphatic hydroxyl groups excluding tert-OH is 1. The fourth-order valence-corrected chi connectivity index (χ4v) is 1.87. The van der Waals surface area contributed by atoms with E-state index in [0.29, 0.717) is 0 Å². The molecule has 1 heterocycles. The van der Waals surface area contributed by atoms with Crippen molar-refractivity contribution < 1.29 is 5.11 Å². The highest BCUT2D eigenvalue weighted by Gasteiger charge is 2.04. The molecule has 0 fully saturated rings. The summed E-state index contributed by atoms with van der Waals surface area (Å²) in [5, 5.41) is 13.3. The quantitative estimate of drug-likeness (QED) is 0.731. The van der Waals surface area contributed by atoms with Crippen LogP contribution in [0.5, 0.6) is 0 Å². The number of aromatic nitrogens is 1. The van der Waals surface area contributed by atoms with Gasteiger partial charge in [0.15, 0.2) is 0 Å². The molecule has 0 aliphatic rings. The SMILES string of the molecule is CCCNc1cccc(SC(C)CO)n1. The van der Waals surface area contributed by atoms with Crippen LogP contribution in [0.1, 0.15) is 20.3 Å². The predicted molar refractivity (Wildman–Crippen MR) is 65.4 cm³/mol. The zero-order valence-corrected chi connectivity index (χ0v) is 10.0. The van der Waals surface area contributed by atoms with Crippen molar-refractivity contribution in [1.82, 2.24) is 4.98 Å². The molecule has 0 aliphatic carbocycles. The van der Waals surface area contributed by atoms with E-state index >= 15 is 0 Å². The number of thioether (sulfide) groups is 1. The first kappa shape index (κ1) is 12.3. The van der Waals surface area contributed by atoms with Crippen LogP contribution in [0.2, 0.25) is 0 Å². The Bertz CT molecular complexity index is 294. The van der Waals surface area contributed by atoms with Crippen molar-refractivity contribution >= 4 is 17.6 Å². The van der Waals surface area contributed by atoms with Crippen LogP contribution in [-0.4, -0.2) is 28.5 Å². The fraction of sp³-hybridized carbons (Fsp3) is 0.545. The first-order valence-electron chi connectivity index (χ1n) is 5.24. The number of aliphatic hydroxyl groups is 1. The number of nitrogens with one attached hydrogen (secondary N) is 1. The molecule has 3 nitrogen and oxygen atoms in total. The van der Waals surface area contributed by atoms with Crippen LogP contribution >= 0.6 is 11.8 Å². The van der Waals surface area contributed by atoms with E-state index in [1.54, 1.807) is 11.8 Å². The molecule has 15 heavy (non-hydrogen) atoms. The van der Waals surface area contributed by atoms with Crippen LogP contribution in [0.15, 0.2) is 23.2 Å². The molecule has 4 heteroatoms. The number of hydrogen-bond acceptors (Lipinski definition) is 4. The highest BCUT2D eigenvalue weighted by Crippen LogP contribution is 2.21. The Hall–Kier alpha value is -0.740. The van der Waals surface area contributed by atoms with Crippen LogP contribution in [0, 0.1) is 0 Å². The van der Waals surface area contributed by atoms with Crippen molar-refractivity contribution in [2.24, 2.45) is 0 Å². The van der Waals surface area contributed by atoms with E-state index in [2.05, 4.69) is 17.2 Å². The summed E-state index contributed by atoms with van der Waals surface area (Å²) in [6, 6.07) is 5.91. The fourth-order valence-electron chi connectivity index (χ4n) is 1.08. The summed E-state index contributed by atoms with van der Waals surface area (Å²) in [6.45, 7) is 5.23. The topological polar surface area (TPSA) is 45.1 Å². The smallest absolute Gasteiger partial charge is 0.127 e. The van der Waals surface area contributed by atoms with Crippen molar-refractivity contribution in [2.75, 3.05) is 18.5 Å². The van der Waals surface area contributed by atoms with E-state index in [0.717, 1.165) is 23.8 Å².